The van der Waals surface area contributed by atoms with Crippen LogP contribution in [0.2, 0.25) is 0 Å². The van der Waals surface area contributed by atoms with Gasteiger partial charge in [-0.1, -0.05) is 6.07 Å². The lowest BCUT2D eigenvalue weighted by Crippen LogP contribution is -2.33. The summed E-state index contributed by atoms with van der Waals surface area (Å²) < 4.78 is 0. The van der Waals surface area contributed by atoms with Crippen LogP contribution in [0.1, 0.15) is 29.8 Å². The van der Waals surface area contributed by atoms with Gasteiger partial charge in [0.05, 0.1) is 24.5 Å². The van der Waals surface area contributed by atoms with Crippen LogP contribution in [0.4, 0.5) is 5.82 Å². The SMILES string of the molecule is CN(C)c1cnc(C[C@@H]2CCCN(C(=O)Cc3cccs3)CC2)cn1. The Balaban J connectivity index is 1.51. The van der Waals surface area contributed by atoms with Gasteiger partial charge in [-0.3, -0.25) is 9.78 Å². The largest absolute Gasteiger partial charge is 0.361 e. The number of thiophene rings is 1. The molecule has 3 rings (SSSR count). The van der Waals surface area contributed by atoms with Gasteiger partial charge < -0.3 is 9.80 Å². The average Bonchev–Trinajstić information content (AvgIpc) is 2.99. The third-order valence-corrected chi connectivity index (χ3v) is 5.63. The van der Waals surface area contributed by atoms with Crippen molar-refractivity contribution in [3.8, 4) is 0 Å². The highest BCUT2D eigenvalue weighted by Crippen LogP contribution is 2.22. The van der Waals surface area contributed by atoms with Crippen molar-refractivity contribution in [2.45, 2.75) is 32.1 Å². The summed E-state index contributed by atoms with van der Waals surface area (Å²) in [5.74, 6) is 1.73. The highest BCUT2D eigenvalue weighted by molar-refractivity contribution is 7.10. The first-order valence-corrected chi connectivity index (χ1v) is 9.78. The number of amides is 1. The molecule has 6 heteroatoms. The number of nitrogens with zero attached hydrogens (tertiary/aromatic N) is 4. The van der Waals surface area contributed by atoms with Crippen LogP contribution in [0.25, 0.3) is 0 Å². The minimum Gasteiger partial charge on any atom is -0.361 e. The van der Waals surface area contributed by atoms with Gasteiger partial charge in [0.2, 0.25) is 5.91 Å². The molecule has 1 atom stereocenters. The van der Waals surface area contributed by atoms with Gasteiger partial charge in [-0.2, -0.15) is 0 Å². The molecule has 1 amide bonds. The molecular weight excluding hydrogens is 332 g/mol. The van der Waals surface area contributed by atoms with Crippen molar-refractivity contribution in [3.63, 3.8) is 0 Å². The van der Waals surface area contributed by atoms with Crippen molar-refractivity contribution < 1.29 is 4.79 Å². The van der Waals surface area contributed by atoms with Gasteiger partial charge in [0.15, 0.2) is 0 Å². The Morgan fingerprint density at radius 3 is 2.84 bits per heavy atom. The highest BCUT2D eigenvalue weighted by Gasteiger charge is 2.21. The van der Waals surface area contributed by atoms with E-state index in [0.29, 0.717) is 12.3 Å². The van der Waals surface area contributed by atoms with Crippen LogP contribution >= 0.6 is 11.3 Å². The highest BCUT2D eigenvalue weighted by atomic mass is 32.1. The molecule has 0 aliphatic carbocycles. The Kier molecular flexibility index (Phi) is 6.02. The first-order valence-electron chi connectivity index (χ1n) is 8.90. The van der Waals surface area contributed by atoms with Crippen LogP contribution in [-0.4, -0.2) is 48.0 Å². The van der Waals surface area contributed by atoms with Gasteiger partial charge in [0.1, 0.15) is 5.82 Å². The maximum absolute atomic E-state index is 12.5. The number of hydrogen-bond acceptors (Lipinski definition) is 5. The number of carbonyl (C=O) groups is 1. The van der Waals surface area contributed by atoms with Gasteiger partial charge in [-0.05, 0) is 43.0 Å². The van der Waals surface area contributed by atoms with Gasteiger partial charge in [0, 0.05) is 32.1 Å². The predicted octanol–water partition coefficient (Wildman–Crippen LogP) is 3.02. The zero-order chi connectivity index (χ0) is 17.6. The monoisotopic (exact) mass is 358 g/mol. The minimum absolute atomic E-state index is 0.262. The zero-order valence-electron chi connectivity index (χ0n) is 15.0. The Morgan fingerprint density at radius 2 is 2.16 bits per heavy atom. The fraction of sp³-hybridized carbons (Fsp3) is 0.526. The van der Waals surface area contributed by atoms with E-state index >= 15 is 0 Å². The molecule has 0 bridgehead atoms. The topological polar surface area (TPSA) is 49.3 Å². The van der Waals surface area contributed by atoms with Crippen molar-refractivity contribution in [1.82, 2.24) is 14.9 Å². The Hall–Kier alpha value is -1.95. The van der Waals surface area contributed by atoms with Crippen molar-refractivity contribution in [3.05, 3.63) is 40.5 Å². The molecule has 0 radical (unpaired) electrons. The summed E-state index contributed by atoms with van der Waals surface area (Å²) in [7, 11) is 3.94. The van der Waals surface area contributed by atoms with Gasteiger partial charge >= 0.3 is 0 Å². The molecule has 5 nitrogen and oxygen atoms in total. The van der Waals surface area contributed by atoms with Crippen LogP contribution in [-0.2, 0) is 17.6 Å². The van der Waals surface area contributed by atoms with Gasteiger partial charge in [-0.15, -0.1) is 11.3 Å². The number of rotatable bonds is 5. The average molecular weight is 359 g/mol. The Morgan fingerprint density at radius 1 is 1.28 bits per heavy atom. The summed E-state index contributed by atoms with van der Waals surface area (Å²) in [6.07, 6.45) is 8.49. The molecule has 0 aromatic carbocycles. The first kappa shape index (κ1) is 17.9. The van der Waals surface area contributed by atoms with Crippen molar-refractivity contribution in [1.29, 1.82) is 0 Å². The summed E-state index contributed by atoms with van der Waals surface area (Å²) in [6, 6.07) is 4.05. The summed E-state index contributed by atoms with van der Waals surface area (Å²) in [5.41, 5.74) is 1.05. The van der Waals surface area contributed by atoms with E-state index in [1.54, 1.807) is 11.3 Å². The summed E-state index contributed by atoms with van der Waals surface area (Å²) in [5, 5.41) is 2.03. The number of carbonyl (C=O) groups excluding carboxylic acids is 1. The second-order valence-corrected chi connectivity index (χ2v) is 7.93. The van der Waals surface area contributed by atoms with E-state index in [1.807, 2.05) is 53.8 Å². The normalized spacial score (nSPS) is 18.0. The third-order valence-electron chi connectivity index (χ3n) is 4.75. The van der Waals surface area contributed by atoms with Crippen LogP contribution < -0.4 is 4.90 Å². The molecule has 134 valence electrons. The van der Waals surface area contributed by atoms with Crippen LogP contribution in [0.15, 0.2) is 29.9 Å². The lowest BCUT2D eigenvalue weighted by atomic mass is 9.95. The smallest absolute Gasteiger partial charge is 0.227 e. The first-order chi connectivity index (χ1) is 12.1. The van der Waals surface area contributed by atoms with Gasteiger partial charge in [0.25, 0.3) is 0 Å². The molecule has 1 fully saturated rings. The molecule has 2 aromatic rings. The van der Waals surface area contributed by atoms with Crippen LogP contribution in [0.3, 0.4) is 0 Å². The van der Waals surface area contributed by atoms with E-state index < -0.39 is 0 Å². The molecule has 1 aliphatic heterocycles. The van der Waals surface area contributed by atoms with Gasteiger partial charge in [-0.25, -0.2) is 4.98 Å². The summed E-state index contributed by atoms with van der Waals surface area (Å²) in [4.78, 5) is 26.6. The number of hydrogen-bond donors (Lipinski definition) is 0. The Labute approximate surface area is 153 Å². The molecule has 0 saturated carbocycles. The standard InChI is InChI=1S/C19H26N4OS/c1-22(2)18-14-20-16(13-21-18)11-15-5-3-8-23(9-7-15)19(24)12-17-6-4-10-25-17/h4,6,10,13-15H,3,5,7-9,11-12H2,1-2H3/t15-/m1/s1. The second kappa shape index (κ2) is 8.43. The molecule has 3 heterocycles. The third kappa shape index (κ3) is 5.01. The molecule has 2 aromatic heterocycles. The fourth-order valence-corrected chi connectivity index (χ4v) is 3.97. The van der Waals surface area contributed by atoms with E-state index in [2.05, 4.69) is 9.97 Å². The molecule has 1 aliphatic rings. The van der Waals surface area contributed by atoms with Crippen LogP contribution in [0, 0.1) is 5.92 Å². The van der Waals surface area contributed by atoms with E-state index in [0.717, 1.165) is 55.2 Å². The maximum atomic E-state index is 12.5. The van der Waals surface area contributed by atoms with Crippen molar-refractivity contribution in [2.24, 2.45) is 5.92 Å². The zero-order valence-corrected chi connectivity index (χ0v) is 15.8. The predicted molar refractivity (Wildman–Crippen MR) is 102 cm³/mol. The summed E-state index contributed by atoms with van der Waals surface area (Å²) in [6.45, 7) is 1.74. The fourth-order valence-electron chi connectivity index (χ4n) is 3.27. The van der Waals surface area contributed by atoms with Crippen molar-refractivity contribution in [2.75, 3.05) is 32.1 Å². The minimum atomic E-state index is 0.262. The molecule has 25 heavy (non-hydrogen) atoms. The Bertz CT molecular complexity index is 669. The molecule has 0 spiro atoms. The maximum Gasteiger partial charge on any atom is 0.227 e. The van der Waals surface area contributed by atoms with E-state index in [9.17, 15) is 4.79 Å². The second-order valence-electron chi connectivity index (χ2n) is 6.90. The molecule has 0 N–H and O–H groups in total. The molecular formula is C19H26N4OS. The van der Waals surface area contributed by atoms with Crippen molar-refractivity contribution >= 4 is 23.1 Å². The van der Waals surface area contributed by atoms with E-state index in [1.165, 1.54) is 0 Å². The summed E-state index contributed by atoms with van der Waals surface area (Å²) >= 11 is 1.66. The lowest BCUT2D eigenvalue weighted by molar-refractivity contribution is -0.130. The van der Waals surface area contributed by atoms with E-state index in [-0.39, 0.29) is 5.91 Å². The quantitative estimate of drug-likeness (QED) is 0.824. The lowest BCUT2D eigenvalue weighted by Gasteiger charge is -2.20. The van der Waals surface area contributed by atoms with Crippen LogP contribution in [0.5, 0.6) is 0 Å². The molecule has 1 saturated heterocycles. The number of aromatic nitrogens is 2. The molecule has 0 unspecified atom stereocenters. The number of anilines is 1. The number of likely N-dealkylation sites (tertiary alicyclic amines) is 1. The van der Waals surface area contributed by atoms with E-state index in [4.69, 9.17) is 0 Å².